The number of esters is 1. The number of aromatic nitrogens is 2. The van der Waals surface area contributed by atoms with Crippen LogP contribution in [0.4, 0.5) is 5.95 Å². The summed E-state index contributed by atoms with van der Waals surface area (Å²) in [5, 5.41) is 0. The predicted molar refractivity (Wildman–Crippen MR) is 98.2 cm³/mol. The van der Waals surface area contributed by atoms with Crippen molar-refractivity contribution in [3.8, 4) is 11.5 Å². The minimum atomic E-state index is -0.441. The van der Waals surface area contributed by atoms with E-state index >= 15 is 0 Å². The van der Waals surface area contributed by atoms with Crippen molar-refractivity contribution in [2.24, 2.45) is 0 Å². The van der Waals surface area contributed by atoms with Gasteiger partial charge in [0.1, 0.15) is 0 Å². The molecule has 27 heavy (non-hydrogen) atoms. The maximum Gasteiger partial charge on any atom is 0.356 e. The second-order valence-corrected chi connectivity index (χ2v) is 6.64. The summed E-state index contributed by atoms with van der Waals surface area (Å²) >= 11 is 0. The van der Waals surface area contributed by atoms with Gasteiger partial charge in [-0.2, -0.15) is 0 Å². The van der Waals surface area contributed by atoms with Crippen molar-refractivity contribution < 1.29 is 19.0 Å². The number of carbonyl (C=O) groups excluding carboxylic acids is 1. The molecule has 0 atom stereocenters. The molecule has 1 fully saturated rings. The summed E-state index contributed by atoms with van der Waals surface area (Å²) < 4.78 is 15.6. The van der Waals surface area contributed by atoms with Gasteiger partial charge in [0.05, 0.1) is 7.11 Å². The molecule has 8 nitrogen and oxygen atoms in total. The van der Waals surface area contributed by atoms with E-state index in [1.807, 2.05) is 19.1 Å². The molecule has 0 spiro atoms. The lowest BCUT2D eigenvalue weighted by molar-refractivity contribution is 0.0593. The largest absolute Gasteiger partial charge is 0.464 e. The predicted octanol–water partition coefficient (Wildman–Crippen LogP) is 1.62. The highest BCUT2D eigenvalue weighted by Gasteiger charge is 2.22. The summed E-state index contributed by atoms with van der Waals surface area (Å²) in [4.78, 5) is 25.1. The first-order valence-electron chi connectivity index (χ1n) is 8.92. The summed E-state index contributed by atoms with van der Waals surface area (Å²) in [6.45, 7) is 6.38. The lowest BCUT2D eigenvalue weighted by Gasteiger charge is -2.34. The van der Waals surface area contributed by atoms with E-state index in [2.05, 4.69) is 25.8 Å². The third-order valence-electron chi connectivity index (χ3n) is 4.74. The van der Waals surface area contributed by atoms with Crippen LogP contribution in [-0.2, 0) is 11.3 Å². The van der Waals surface area contributed by atoms with Crippen molar-refractivity contribution in [3.63, 3.8) is 0 Å². The highest BCUT2D eigenvalue weighted by atomic mass is 16.7. The monoisotopic (exact) mass is 370 g/mol. The number of piperazine rings is 1. The van der Waals surface area contributed by atoms with Gasteiger partial charge in [0, 0.05) is 38.4 Å². The van der Waals surface area contributed by atoms with Gasteiger partial charge in [-0.1, -0.05) is 6.07 Å². The van der Waals surface area contributed by atoms with Crippen molar-refractivity contribution >= 4 is 11.9 Å². The summed E-state index contributed by atoms with van der Waals surface area (Å²) in [7, 11) is 1.36. The van der Waals surface area contributed by atoms with Crippen LogP contribution in [0.1, 0.15) is 21.7 Å². The fourth-order valence-electron chi connectivity index (χ4n) is 3.31. The van der Waals surface area contributed by atoms with E-state index in [0.717, 1.165) is 49.9 Å². The Hall–Kier alpha value is -2.87. The van der Waals surface area contributed by atoms with Crippen LogP contribution in [0.3, 0.4) is 0 Å². The second kappa shape index (κ2) is 7.40. The molecule has 1 aromatic carbocycles. The molecule has 2 aromatic rings. The molecule has 0 amide bonds. The minimum absolute atomic E-state index is 0.293. The average Bonchev–Trinajstić information content (AvgIpc) is 3.15. The van der Waals surface area contributed by atoms with Crippen LogP contribution in [0.5, 0.6) is 11.5 Å². The van der Waals surface area contributed by atoms with E-state index in [0.29, 0.717) is 18.4 Å². The highest BCUT2D eigenvalue weighted by molar-refractivity contribution is 5.87. The van der Waals surface area contributed by atoms with Crippen LogP contribution >= 0.6 is 0 Å². The van der Waals surface area contributed by atoms with Crippen molar-refractivity contribution in [1.82, 2.24) is 14.9 Å². The van der Waals surface area contributed by atoms with Gasteiger partial charge in [-0.05, 0) is 30.7 Å². The van der Waals surface area contributed by atoms with Crippen molar-refractivity contribution in [2.75, 3.05) is 45.0 Å². The zero-order valence-electron chi connectivity index (χ0n) is 15.5. The topological polar surface area (TPSA) is 77.0 Å². The van der Waals surface area contributed by atoms with Gasteiger partial charge in [-0.3, -0.25) is 4.90 Å². The van der Waals surface area contributed by atoms with Crippen molar-refractivity contribution in [2.45, 2.75) is 13.5 Å². The first-order chi connectivity index (χ1) is 13.1. The molecule has 1 aromatic heterocycles. The first-order valence-corrected chi connectivity index (χ1v) is 8.92. The fourth-order valence-corrected chi connectivity index (χ4v) is 3.31. The fraction of sp³-hybridized carbons (Fsp3) is 0.421. The quantitative estimate of drug-likeness (QED) is 0.752. The number of rotatable bonds is 4. The van der Waals surface area contributed by atoms with Gasteiger partial charge in [0.15, 0.2) is 17.2 Å². The summed E-state index contributed by atoms with van der Waals surface area (Å²) in [5.41, 5.74) is 2.25. The standard InChI is InChI=1S/C19H22N4O4/c1-13-9-15(18(24)25-2)21-19(20-13)23-7-5-22(6-8-23)11-14-3-4-16-17(10-14)27-12-26-16/h3-4,9-10H,5-8,11-12H2,1-2H3. The zero-order chi connectivity index (χ0) is 18.8. The highest BCUT2D eigenvalue weighted by Crippen LogP contribution is 2.32. The Morgan fingerprint density at radius 2 is 1.89 bits per heavy atom. The summed E-state index contributed by atoms with van der Waals surface area (Å²) in [5.74, 6) is 1.76. The van der Waals surface area contributed by atoms with Gasteiger partial charge in [0.25, 0.3) is 0 Å². The smallest absolute Gasteiger partial charge is 0.356 e. The summed E-state index contributed by atoms with van der Waals surface area (Å²) in [6.07, 6.45) is 0. The third kappa shape index (κ3) is 3.80. The van der Waals surface area contributed by atoms with E-state index < -0.39 is 5.97 Å². The molecule has 0 aliphatic carbocycles. The number of ether oxygens (including phenoxy) is 3. The minimum Gasteiger partial charge on any atom is -0.464 e. The molecule has 1 saturated heterocycles. The number of anilines is 1. The van der Waals surface area contributed by atoms with Gasteiger partial charge >= 0.3 is 5.97 Å². The lowest BCUT2D eigenvalue weighted by Crippen LogP contribution is -2.46. The molecular weight excluding hydrogens is 348 g/mol. The number of nitrogens with zero attached hydrogens (tertiary/aromatic N) is 4. The third-order valence-corrected chi connectivity index (χ3v) is 4.74. The molecule has 0 bridgehead atoms. The van der Waals surface area contributed by atoms with E-state index in [1.165, 1.54) is 12.7 Å². The van der Waals surface area contributed by atoms with Gasteiger partial charge in [-0.25, -0.2) is 14.8 Å². The van der Waals surface area contributed by atoms with Crippen molar-refractivity contribution in [3.05, 3.63) is 41.2 Å². The summed E-state index contributed by atoms with van der Waals surface area (Å²) in [6, 6.07) is 7.72. The Labute approximate surface area is 157 Å². The molecule has 0 radical (unpaired) electrons. The van der Waals surface area contributed by atoms with Gasteiger partial charge in [-0.15, -0.1) is 0 Å². The van der Waals surface area contributed by atoms with Crippen LogP contribution in [0.2, 0.25) is 0 Å². The SMILES string of the molecule is COC(=O)c1cc(C)nc(N2CCN(Cc3ccc4c(c3)OCO4)CC2)n1. The molecule has 0 saturated carbocycles. The molecule has 3 heterocycles. The molecule has 0 N–H and O–H groups in total. The molecular formula is C19H22N4O4. The maximum atomic E-state index is 11.8. The molecule has 142 valence electrons. The molecule has 4 rings (SSSR count). The maximum absolute atomic E-state index is 11.8. The van der Waals surface area contributed by atoms with E-state index in [-0.39, 0.29) is 0 Å². The lowest BCUT2D eigenvalue weighted by atomic mass is 10.1. The van der Waals surface area contributed by atoms with E-state index in [9.17, 15) is 4.79 Å². The van der Waals surface area contributed by atoms with Crippen LogP contribution < -0.4 is 14.4 Å². The number of methoxy groups -OCH3 is 1. The molecule has 8 heteroatoms. The Balaban J connectivity index is 1.39. The molecule has 2 aliphatic rings. The number of aryl methyl sites for hydroxylation is 1. The molecule has 0 unspecified atom stereocenters. The number of hydrogen-bond acceptors (Lipinski definition) is 8. The first kappa shape index (κ1) is 17.5. The Kier molecular flexibility index (Phi) is 4.81. The normalized spacial score (nSPS) is 16.4. The van der Waals surface area contributed by atoms with Gasteiger partial charge in [0.2, 0.25) is 12.7 Å². The number of benzene rings is 1. The number of hydrogen-bond donors (Lipinski definition) is 0. The number of carbonyl (C=O) groups is 1. The second-order valence-electron chi connectivity index (χ2n) is 6.64. The van der Waals surface area contributed by atoms with Crippen LogP contribution in [0, 0.1) is 6.92 Å². The Morgan fingerprint density at radius 1 is 1.11 bits per heavy atom. The number of fused-ring (bicyclic) bond motifs is 1. The van der Waals surface area contributed by atoms with E-state index in [1.54, 1.807) is 6.07 Å². The average molecular weight is 370 g/mol. The van der Waals surface area contributed by atoms with Crippen LogP contribution in [0.25, 0.3) is 0 Å². The zero-order valence-corrected chi connectivity index (χ0v) is 15.5. The van der Waals surface area contributed by atoms with Crippen LogP contribution in [0.15, 0.2) is 24.3 Å². The van der Waals surface area contributed by atoms with Crippen molar-refractivity contribution in [1.29, 1.82) is 0 Å². The Morgan fingerprint density at radius 3 is 2.67 bits per heavy atom. The Bertz CT molecular complexity index is 850. The van der Waals surface area contributed by atoms with E-state index in [4.69, 9.17) is 14.2 Å². The molecule has 2 aliphatic heterocycles. The van der Waals surface area contributed by atoms with Crippen LogP contribution in [-0.4, -0.2) is 60.9 Å². The van der Waals surface area contributed by atoms with Gasteiger partial charge < -0.3 is 19.1 Å².